The molecule has 0 fully saturated rings. The van der Waals surface area contributed by atoms with Gasteiger partial charge in [-0.2, -0.15) is 0 Å². The van der Waals surface area contributed by atoms with E-state index in [0.29, 0.717) is 18.6 Å². The van der Waals surface area contributed by atoms with Crippen LogP contribution < -0.4 is 4.74 Å². The summed E-state index contributed by atoms with van der Waals surface area (Å²) < 4.78 is 15.1. The molecule has 0 spiro atoms. The summed E-state index contributed by atoms with van der Waals surface area (Å²) in [6, 6.07) is 6.84. The van der Waals surface area contributed by atoms with E-state index in [4.69, 9.17) is 9.47 Å². The maximum Gasteiger partial charge on any atom is 0.338 e. The summed E-state index contributed by atoms with van der Waals surface area (Å²) in [5.41, 5.74) is 0.468. The van der Waals surface area contributed by atoms with Gasteiger partial charge >= 0.3 is 11.9 Å². The molecule has 0 aliphatic heterocycles. The molecule has 0 amide bonds. The number of carbonyl (C=O) groups is 2. The van der Waals surface area contributed by atoms with Crippen molar-refractivity contribution >= 4 is 11.9 Å². The Hall–Kier alpha value is -2.04. The van der Waals surface area contributed by atoms with Gasteiger partial charge < -0.3 is 14.2 Å². The Bertz CT molecular complexity index is 438. The molecule has 0 N–H and O–H groups in total. The van der Waals surface area contributed by atoms with Crippen molar-refractivity contribution in [2.45, 2.75) is 32.6 Å². The molecule has 0 radical (unpaired) electrons. The average Bonchev–Trinajstić information content (AvgIpc) is 2.52. The highest BCUT2D eigenvalue weighted by Gasteiger charge is 2.08. The van der Waals surface area contributed by atoms with E-state index in [0.717, 1.165) is 18.6 Å². The van der Waals surface area contributed by atoms with Crippen LogP contribution in [0.25, 0.3) is 0 Å². The van der Waals surface area contributed by atoms with E-state index in [-0.39, 0.29) is 19.0 Å². The Morgan fingerprint density at radius 2 is 1.76 bits per heavy atom. The average molecular weight is 294 g/mol. The lowest BCUT2D eigenvalue weighted by molar-refractivity contribution is -0.140. The molecule has 1 aromatic rings. The van der Waals surface area contributed by atoms with Crippen molar-refractivity contribution in [1.29, 1.82) is 0 Å². The zero-order chi connectivity index (χ0) is 15.5. The van der Waals surface area contributed by atoms with Crippen LogP contribution >= 0.6 is 0 Å². The molecule has 0 aliphatic rings. The number of rotatable bonds is 9. The van der Waals surface area contributed by atoms with E-state index in [1.165, 1.54) is 7.11 Å². The topological polar surface area (TPSA) is 61.8 Å². The lowest BCUT2D eigenvalue weighted by Gasteiger charge is -2.07. The summed E-state index contributed by atoms with van der Waals surface area (Å²) in [5, 5.41) is 0. The summed E-state index contributed by atoms with van der Waals surface area (Å²) in [4.78, 5) is 22.6. The fourth-order valence-electron chi connectivity index (χ4n) is 1.59. The van der Waals surface area contributed by atoms with Crippen molar-refractivity contribution in [3.8, 4) is 5.75 Å². The molecule has 0 bridgehead atoms. The molecule has 0 saturated heterocycles. The lowest BCUT2D eigenvalue weighted by Crippen LogP contribution is -2.08. The smallest absolute Gasteiger partial charge is 0.338 e. The molecule has 0 heterocycles. The van der Waals surface area contributed by atoms with Crippen molar-refractivity contribution in [3.63, 3.8) is 0 Å². The van der Waals surface area contributed by atoms with Crippen LogP contribution in [0.3, 0.4) is 0 Å². The molecule has 5 nitrogen and oxygen atoms in total. The second-order valence-electron chi connectivity index (χ2n) is 4.54. The van der Waals surface area contributed by atoms with Gasteiger partial charge in [0.15, 0.2) is 0 Å². The third-order valence-electron chi connectivity index (χ3n) is 2.84. The maximum atomic E-state index is 11.8. The van der Waals surface area contributed by atoms with Crippen LogP contribution in [0.15, 0.2) is 24.3 Å². The summed E-state index contributed by atoms with van der Waals surface area (Å²) in [7, 11) is 1.33. The van der Waals surface area contributed by atoms with Crippen LogP contribution in [-0.2, 0) is 14.3 Å². The Labute approximate surface area is 125 Å². The Morgan fingerprint density at radius 3 is 2.38 bits per heavy atom. The summed E-state index contributed by atoms with van der Waals surface area (Å²) in [6.45, 7) is 2.97. The molecule has 116 valence electrons. The fourth-order valence-corrected chi connectivity index (χ4v) is 1.59. The zero-order valence-corrected chi connectivity index (χ0v) is 12.6. The van der Waals surface area contributed by atoms with Crippen LogP contribution in [0.1, 0.15) is 43.0 Å². The first-order chi connectivity index (χ1) is 10.2. The van der Waals surface area contributed by atoms with Crippen molar-refractivity contribution < 1.29 is 23.8 Å². The molecule has 1 rings (SSSR count). The second kappa shape index (κ2) is 9.80. The van der Waals surface area contributed by atoms with Gasteiger partial charge in [0.2, 0.25) is 0 Å². The van der Waals surface area contributed by atoms with Gasteiger partial charge in [-0.25, -0.2) is 4.79 Å². The van der Waals surface area contributed by atoms with Gasteiger partial charge in [-0.15, -0.1) is 0 Å². The highest BCUT2D eigenvalue weighted by atomic mass is 16.5. The number of hydrogen-bond acceptors (Lipinski definition) is 5. The van der Waals surface area contributed by atoms with Gasteiger partial charge in [0.1, 0.15) is 5.75 Å². The molecule has 0 atom stereocenters. The number of methoxy groups -OCH3 is 1. The molecule has 0 aromatic heterocycles. The third-order valence-corrected chi connectivity index (χ3v) is 2.84. The fraction of sp³-hybridized carbons (Fsp3) is 0.500. The first-order valence-electron chi connectivity index (χ1n) is 7.14. The van der Waals surface area contributed by atoms with Gasteiger partial charge in [0.25, 0.3) is 0 Å². The zero-order valence-electron chi connectivity index (χ0n) is 12.6. The Kier molecular flexibility index (Phi) is 7.94. The molecule has 21 heavy (non-hydrogen) atoms. The quantitative estimate of drug-likeness (QED) is 0.517. The minimum absolute atomic E-state index is 0.197. The minimum atomic E-state index is -0.403. The largest absolute Gasteiger partial charge is 0.494 e. The molecule has 0 saturated carbocycles. The van der Waals surface area contributed by atoms with Crippen LogP contribution in [0.2, 0.25) is 0 Å². The summed E-state index contributed by atoms with van der Waals surface area (Å²) in [6.07, 6.45) is 2.78. The standard InChI is InChI=1S/C16H22O5/c1-3-4-11-20-14-9-7-13(8-10-14)16(18)21-12-5-6-15(17)19-2/h7-10H,3-6,11-12H2,1-2H3. The number of carbonyl (C=O) groups excluding carboxylic acids is 2. The summed E-state index contributed by atoms with van der Waals surface area (Å²) in [5.74, 6) is 0.0327. The van der Waals surface area contributed by atoms with E-state index in [1.807, 2.05) is 0 Å². The number of esters is 2. The number of benzene rings is 1. The SMILES string of the molecule is CCCCOc1ccc(C(=O)OCCCC(=O)OC)cc1. The van der Waals surface area contributed by atoms with E-state index in [1.54, 1.807) is 24.3 Å². The van der Waals surface area contributed by atoms with Crippen LogP contribution in [0, 0.1) is 0 Å². The predicted octanol–water partition coefficient (Wildman–Crippen LogP) is 2.98. The maximum absolute atomic E-state index is 11.8. The molecule has 0 unspecified atom stereocenters. The molecule has 0 aliphatic carbocycles. The predicted molar refractivity (Wildman–Crippen MR) is 78.4 cm³/mol. The first kappa shape index (κ1) is 17.0. The van der Waals surface area contributed by atoms with E-state index >= 15 is 0 Å². The molecular formula is C16H22O5. The van der Waals surface area contributed by atoms with E-state index in [2.05, 4.69) is 11.7 Å². The van der Waals surface area contributed by atoms with Gasteiger partial charge in [-0.05, 0) is 37.1 Å². The Balaban J connectivity index is 2.32. The van der Waals surface area contributed by atoms with Gasteiger partial charge in [-0.1, -0.05) is 13.3 Å². The number of ether oxygens (including phenoxy) is 3. The van der Waals surface area contributed by atoms with Crippen LogP contribution in [0.4, 0.5) is 0 Å². The lowest BCUT2D eigenvalue weighted by atomic mass is 10.2. The highest BCUT2D eigenvalue weighted by Crippen LogP contribution is 2.13. The van der Waals surface area contributed by atoms with Crippen LogP contribution in [0.5, 0.6) is 5.75 Å². The molecule has 1 aromatic carbocycles. The van der Waals surface area contributed by atoms with Gasteiger partial charge in [0, 0.05) is 6.42 Å². The third kappa shape index (κ3) is 6.79. The first-order valence-corrected chi connectivity index (χ1v) is 7.14. The Morgan fingerprint density at radius 1 is 1.05 bits per heavy atom. The van der Waals surface area contributed by atoms with Crippen molar-refractivity contribution in [3.05, 3.63) is 29.8 Å². The number of unbranched alkanes of at least 4 members (excludes halogenated alkanes) is 1. The molecular weight excluding hydrogens is 272 g/mol. The monoisotopic (exact) mass is 294 g/mol. The minimum Gasteiger partial charge on any atom is -0.494 e. The summed E-state index contributed by atoms with van der Waals surface area (Å²) >= 11 is 0. The van der Waals surface area contributed by atoms with Crippen molar-refractivity contribution in [2.75, 3.05) is 20.3 Å². The van der Waals surface area contributed by atoms with Crippen molar-refractivity contribution in [1.82, 2.24) is 0 Å². The highest BCUT2D eigenvalue weighted by molar-refractivity contribution is 5.89. The van der Waals surface area contributed by atoms with E-state index in [9.17, 15) is 9.59 Å². The van der Waals surface area contributed by atoms with Gasteiger partial charge in [-0.3, -0.25) is 4.79 Å². The van der Waals surface area contributed by atoms with E-state index < -0.39 is 5.97 Å². The van der Waals surface area contributed by atoms with Crippen LogP contribution in [-0.4, -0.2) is 32.3 Å². The molecule has 5 heteroatoms. The number of hydrogen-bond donors (Lipinski definition) is 0. The van der Waals surface area contributed by atoms with Crippen molar-refractivity contribution in [2.24, 2.45) is 0 Å². The normalized spacial score (nSPS) is 10.0. The second-order valence-corrected chi connectivity index (χ2v) is 4.54. The van der Waals surface area contributed by atoms with Gasteiger partial charge in [0.05, 0.1) is 25.9 Å².